The maximum Gasteiger partial charge on any atom is 0.137 e. The Morgan fingerprint density at radius 3 is 2.67 bits per heavy atom. The lowest BCUT2D eigenvalue weighted by molar-refractivity contribution is 0.0644. The van der Waals surface area contributed by atoms with E-state index in [0.717, 1.165) is 12.0 Å². The summed E-state index contributed by atoms with van der Waals surface area (Å²) in [5.74, 6) is 0.686. The summed E-state index contributed by atoms with van der Waals surface area (Å²) in [5.41, 5.74) is 6.52. The molecule has 1 rings (SSSR count). The molecular formula is C13H20ClNO3. The van der Waals surface area contributed by atoms with Crippen molar-refractivity contribution in [1.82, 2.24) is 0 Å². The number of ether oxygens (including phenoxy) is 3. The quantitative estimate of drug-likeness (QED) is 0.701. The van der Waals surface area contributed by atoms with Crippen LogP contribution >= 0.6 is 11.6 Å². The smallest absolute Gasteiger partial charge is 0.137 e. The molecule has 0 aliphatic rings. The summed E-state index contributed by atoms with van der Waals surface area (Å²) < 4.78 is 15.8. The minimum atomic E-state index is 0.480. The zero-order chi connectivity index (χ0) is 13.2. The normalized spacial score (nSPS) is 10.6. The first kappa shape index (κ1) is 15.2. The van der Waals surface area contributed by atoms with Crippen LogP contribution in [-0.4, -0.2) is 33.5 Å². The summed E-state index contributed by atoms with van der Waals surface area (Å²) in [5, 5.41) is 0.596. The van der Waals surface area contributed by atoms with Gasteiger partial charge in [0.05, 0.1) is 24.8 Å². The molecule has 0 atom stereocenters. The Labute approximate surface area is 113 Å². The average Bonchev–Trinajstić information content (AvgIpc) is 2.39. The molecule has 0 saturated heterocycles. The van der Waals surface area contributed by atoms with Crippen molar-refractivity contribution in [3.05, 3.63) is 28.8 Å². The second-order valence-electron chi connectivity index (χ2n) is 3.78. The summed E-state index contributed by atoms with van der Waals surface area (Å²) in [6.45, 7) is 2.94. The first-order chi connectivity index (χ1) is 8.77. The molecule has 0 bridgehead atoms. The third-order valence-electron chi connectivity index (χ3n) is 2.35. The molecule has 0 aliphatic carbocycles. The lowest BCUT2D eigenvalue weighted by Gasteiger charge is -2.09. The van der Waals surface area contributed by atoms with Crippen LogP contribution in [0.1, 0.15) is 12.0 Å². The van der Waals surface area contributed by atoms with E-state index in [1.165, 1.54) is 0 Å². The summed E-state index contributed by atoms with van der Waals surface area (Å²) in [4.78, 5) is 0. The van der Waals surface area contributed by atoms with Gasteiger partial charge < -0.3 is 19.9 Å². The highest BCUT2D eigenvalue weighted by atomic mass is 35.5. The van der Waals surface area contributed by atoms with E-state index in [2.05, 4.69) is 0 Å². The fourth-order valence-electron chi connectivity index (χ4n) is 1.38. The largest absolute Gasteiger partial charge is 0.492 e. The molecule has 0 aliphatic heterocycles. The van der Waals surface area contributed by atoms with Crippen molar-refractivity contribution >= 4 is 11.6 Å². The maximum absolute atomic E-state index is 6.06. The Morgan fingerprint density at radius 1 is 1.17 bits per heavy atom. The molecule has 4 nitrogen and oxygen atoms in total. The van der Waals surface area contributed by atoms with Gasteiger partial charge >= 0.3 is 0 Å². The van der Waals surface area contributed by atoms with Gasteiger partial charge in [0, 0.05) is 26.7 Å². The molecule has 2 N–H and O–H groups in total. The molecule has 18 heavy (non-hydrogen) atoms. The first-order valence-electron chi connectivity index (χ1n) is 5.96. The van der Waals surface area contributed by atoms with Crippen molar-refractivity contribution < 1.29 is 14.2 Å². The molecule has 5 heteroatoms. The van der Waals surface area contributed by atoms with Gasteiger partial charge in [-0.1, -0.05) is 17.7 Å². The van der Waals surface area contributed by atoms with Crippen LogP contribution in [0.3, 0.4) is 0 Å². The van der Waals surface area contributed by atoms with E-state index >= 15 is 0 Å². The third-order valence-corrected chi connectivity index (χ3v) is 2.65. The predicted molar refractivity (Wildman–Crippen MR) is 72.2 cm³/mol. The van der Waals surface area contributed by atoms with Crippen molar-refractivity contribution in [2.75, 3.05) is 33.5 Å². The van der Waals surface area contributed by atoms with E-state index in [9.17, 15) is 0 Å². The molecule has 0 saturated carbocycles. The Bertz CT molecular complexity index is 347. The molecule has 0 amide bonds. The predicted octanol–water partition coefficient (Wildman–Crippen LogP) is 2.23. The Hall–Kier alpha value is -0.810. The minimum absolute atomic E-state index is 0.480. The van der Waals surface area contributed by atoms with Crippen LogP contribution in [0, 0.1) is 0 Å². The van der Waals surface area contributed by atoms with Crippen LogP contribution in [0.25, 0.3) is 0 Å². The van der Waals surface area contributed by atoms with Crippen LogP contribution < -0.4 is 10.5 Å². The van der Waals surface area contributed by atoms with E-state index in [0.29, 0.717) is 43.7 Å². The second-order valence-corrected chi connectivity index (χ2v) is 4.18. The number of hydrogen-bond acceptors (Lipinski definition) is 4. The van der Waals surface area contributed by atoms with Gasteiger partial charge in [-0.3, -0.25) is 0 Å². The fraction of sp³-hybridized carbons (Fsp3) is 0.538. The van der Waals surface area contributed by atoms with Gasteiger partial charge in [-0.15, -0.1) is 0 Å². The fourth-order valence-corrected chi connectivity index (χ4v) is 1.63. The van der Waals surface area contributed by atoms with Gasteiger partial charge in [-0.25, -0.2) is 0 Å². The molecule has 1 aromatic carbocycles. The second kappa shape index (κ2) is 9.16. The third kappa shape index (κ3) is 5.69. The Morgan fingerprint density at radius 2 is 2.00 bits per heavy atom. The first-order valence-corrected chi connectivity index (χ1v) is 6.33. The molecule has 0 unspecified atom stereocenters. The molecule has 102 valence electrons. The van der Waals surface area contributed by atoms with E-state index in [4.69, 9.17) is 31.5 Å². The van der Waals surface area contributed by atoms with Crippen molar-refractivity contribution in [3.8, 4) is 5.75 Å². The molecular weight excluding hydrogens is 254 g/mol. The number of rotatable bonds is 9. The topological polar surface area (TPSA) is 53.7 Å². The highest BCUT2D eigenvalue weighted by Gasteiger charge is 2.02. The number of hydrogen-bond donors (Lipinski definition) is 1. The van der Waals surface area contributed by atoms with E-state index in [1.807, 2.05) is 18.2 Å². The Kier molecular flexibility index (Phi) is 7.76. The van der Waals surface area contributed by atoms with Crippen LogP contribution in [-0.2, 0) is 16.0 Å². The summed E-state index contributed by atoms with van der Waals surface area (Å²) in [6, 6.07) is 5.58. The molecule has 0 heterocycles. The molecule has 0 aromatic heterocycles. The highest BCUT2D eigenvalue weighted by molar-refractivity contribution is 6.32. The summed E-state index contributed by atoms with van der Waals surface area (Å²) in [7, 11) is 1.65. The zero-order valence-electron chi connectivity index (χ0n) is 10.7. The lowest BCUT2D eigenvalue weighted by Crippen LogP contribution is -2.07. The van der Waals surface area contributed by atoms with Crippen molar-refractivity contribution in [1.29, 1.82) is 0 Å². The molecule has 0 radical (unpaired) electrons. The number of methoxy groups -OCH3 is 1. The van der Waals surface area contributed by atoms with Crippen LogP contribution in [0.15, 0.2) is 18.2 Å². The van der Waals surface area contributed by atoms with Gasteiger partial charge in [0.25, 0.3) is 0 Å². The van der Waals surface area contributed by atoms with Gasteiger partial charge in [0.2, 0.25) is 0 Å². The summed E-state index contributed by atoms with van der Waals surface area (Å²) in [6.07, 6.45) is 0.818. The summed E-state index contributed by atoms with van der Waals surface area (Å²) >= 11 is 6.06. The maximum atomic E-state index is 6.06. The van der Waals surface area contributed by atoms with E-state index in [1.54, 1.807) is 7.11 Å². The van der Waals surface area contributed by atoms with Crippen molar-refractivity contribution in [3.63, 3.8) is 0 Å². The van der Waals surface area contributed by atoms with Crippen LogP contribution in [0.4, 0.5) is 0 Å². The Balaban J connectivity index is 2.19. The minimum Gasteiger partial charge on any atom is -0.492 e. The standard InChI is InChI=1S/C13H20ClNO3/c1-16-7-8-17-5-2-6-18-13-4-3-11(10-15)9-12(13)14/h3-4,9H,2,5-8,10,15H2,1H3. The molecule has 1 aromatic rings. The monoisotopic (exact) mass is 273 g/mol. The van der Waals surface area contributed by atoms with Gasteiger partial charge in [-0.05, 0) is 17.7 Å². The van der Waals surface area contributed by atoms with Gasteiger partial charge in [0.15, 0.2) is 0 Å². The van der Waals surface area contributed by atoms with Gasteiger partial charge in [0.1, 0.15) is 5.75 Å². The highest BCUT2D eigenvalue weighted by Crippen LogP contribution is 2.25. The lowest BCUT2D eigenvalue weighted by atomic mass is 10.2. The van der Waals surface area contributed by atoms with E-state index < -0.39 is 0 Å². The van der Waals surface area contributed by atoms with Crippen molar-refractivity contribution in [2.24, 2.45) is 5.73 Å². The van der Waals surface area contributed by atoms with Gasteiger partial charge in [-0.2, -0.15) is 0 Å². The average molecular weight is 274 g/mol. The number of benzene rings is 1. The zero-order valence-corrected chi connectivity index (χ0v) is 11.4. The SMILES string of the molecule is COCCOCCCOc1ccc(CN)cc1Cl. The van der Waals surface area contributed by atoms with Crippen molar-refractivity contribution in [2.45, 2.75) is 13.0 Å². The molecule has 0 fully saturated rings. The van der Waals surface area contributed by atoms with Crippen LogP contribution in [0.2, 0.25) is 5.02 Å². The molecule has 0 spiro atoms. The number of halogens is 1. The number of nitrogens with two attached hydrogens (primary N) is 1. The van der Waals surface area contributed by atoms with E-state index in [-0.39, 0.29) is 0 Å². The van der Waals surface area contributed by atoms with Crippen LogP contribution in [0.5, 0.6) is 5.75 Å².